The molecule has 4 rings (SSSR count). The Hall–Kier alpha value is -3.08. The molecule has 1 aliphatic heterocycles. The van der Waals surface area contributed by atoms with Gasteiger partial charge in [-0.05, 0) is 24.3 Å². The van der Waals surface area contributed by atoms with E-state index >= 15 is 0 Å². The molecule has 3 heterocycles. The quantitative estimate of drug-likeness (QED) is 0.636. The van der Waals surface area contributed by atoms with Crippen LogP contribution in [0.15, 0.2) is 48.7 Å². The fourth-order valence-electron chi connectivity index (χ4n) is 2.92. The number of para-hydroxylation sites is 1. The Kier molecular flexibility index (Phi) is 3.12. The second-order valence-corrected chi connectivity index (χ2v) is 5.60. The first-order valence-electron chi connectivity index (χ1n) is 7.54. The third kappa shape index (κ3) is 2.36. The summed E-state index contributed by atoms with van der Waals surface area (Å²) in [6.07, 6.45) is 2.58. The number of carbonyl (C=O) groups is 1. The van der Waals surface area contributed by atoms with Gasteiger partial charge in [-0.3, -0.25) is 9.78 Å². The van der Waals surface area contributed by atoms with Crippen LogP contribution in [0.5, 0.6) is 0 Å². The number of hydrogen-bond donors (Lipinski definition) is 3. The average molecular weight is 304 g/mol. The van der Waals surface area contributed by atoms with Crippen LogP contribution in [0, 0.1) is 0 Å². The molecule has 2 aromatic heterocycles. The number of anilines is 1. The van der Waals surface area contributed by atoms with Crippen LogP contribution in [0.2, 0.25) is 0 Å². The van der Waals surface area contributed by atoms with Crippen LogP contribution in [0.25, 0.3) is 22.5 Å². The van der Waals surface area contributed by atoms with Crippen molar-refractivity contribution in [3.05, 3.63) is 59.9 Å². The molecule has 23 heavy (non-hydrogen) atoms. The van der Waals surface area contributed by atoms with E-state index in [9.17, 15) is 4.79 Å². The fourth-order valence-corrected chi connectivity index (χ4v) is 2.92. The number of nitrogens with two attached hydrogens (primary N) is 1. The number of hydrogen-bond acceptors (Lipinski definition) is 3. The molecule has 5 nitrogen and oxygen atoms in total. The molecule has 0 saturated carbocycles. The van der Waals surface area contributed by atoms with E-state index in [1.165, 1.54) is 0 Å². The van der Waals surface area contributed by atoms with E-state index in [1.54, 1.807) is 6.20 Å². The lowest BCUT2D eigenvalue weighted by Crippen LogP contribution is -2.31. The van der Waals surface area contributed by atoms with Gasteiger partial charge in [0.2, 0.25) is 0 Å². The first-order chi connectivity index (χ1) is 11.2. The number of nitrogens with one attached hydrogen (secondary N) is 2. The van der Waals surface area contributed by atoms with Gasteiger partial charge in [0.1, 0.15) is 0 Å². The van der Waals surface area contributed by atoms with E-state index in [2.05, 4.69) is 15.3 Å². The minimum absolute atomic E-state index is 0.0182. The number of amides is 1. The molecule has 1 amide bonds. The molecule has 0 atom stereocenters. The number of aromatic amines is 1. The van der Waals surface area contributed by atoms with Gasteiger partial charge >= 0.3 is 0 Å². The van der Waals surface area contributed by atoms with Crippen LogP contribution in [0.4, 0.5) is 5.69 Å². The van der Waals surface area contributed by atoms with Crippen LogP contribution < -0.4 is 11.1 Å². The van der Waals surface area contributed by atoms with Gasteiger partial charge in [-0.25, -0.2) is 0 Å². The summed E-state index contributed by atoms with van der Waals surface area (Å²) in [5.74, 6) is -0.0182. The minimum atomic E-state index is -0.0182. The maximum atomic E-state index is 11.9. The highest BCUT2D eigenvalue weighted by molar-refractivity contribution is 5.97. The largest absolute Gasteiger partial charge is 0.398 e. The highest BCUT2D eigenvalue weighted by Crippen LogP contribution is 2.29. The smallest absolute Gasteiger partial charge is 0.253 e. The molecule has 1 aliphatic rings. The third-order valence-corrected chi connectivity index (χ3v) is 4.11. The van der Waals surface area contributed by atoms with Crippen molar-refractivity contribution in [3.8, 4) is 22.5 Å². The van der Waals surface area contributed by atoms with Crippen molar-refractivity contribution in [2.75, 3.05) is 12.3 Å². The minimum Gasteiger partial charge on any atom is -0.398 e. The summed E-state index contributed by atoms with van der Waals surface area (Å²) in [5.41, 5.74) is 12.1. The van der Waals surface area contributed by atoms with Crippen LogP contribution in [-0.4, -0.2) is 22.4 Å². The van der Waals surface area contributed by atoms with Crippen molar-refractivity contribution in [1.82, 2.24) is 15.3 Å². The van der Waals surface area contributed by atoms with E-state index in [1.807, 2.05) is 42.5 Å². The van der Waals surface area contributed by atoms with E-state index in [0.29, 0.717) is 12.2 Å². The first kappa shape index (κ1) is 13.6. The highest BCUT2D eigenvalue weighted by atomic mass is 16.1. The molecule has 0 fully saturated rings. The van der Waals surface area contributed by atoms with E-state index in [-0.39, 0.29) is 5.91 Å². The summed E-state index contributed by atoms with van der Waals surface area (Å²) in [7, 11) is 0. The number of rotatable bonds is 2. The molecule has 114 valence electrons. The zero-order valence-corrected chi connectivity index (χ0v) is 12.5. The van der Waals surface area contributed by atoms with Crippen molar-refractivity contribution in [1.29, 1.82) is 0 Å². The maximum absolute atomic E-state index is 11.9. The SMILES string of the molecule is Nc1ccccc1-c1cc(-c2cc3c([nH]2)CCNC3=O)ccn1. The summed E-state index contributed by atoms with van der Waals surface area (Å²) in [6, 6.07) is 13.5. The molecular weight excluding hydrogens is 288 g/mol. The van der Waals surface area contributed by atoms with Gasteiger partial charge in [-0.2, -0.15) is 0 Å². The number of nitrogen functional groups attached to an aromatic ring is 1. The summed E-state index contributed by atoms with van der Waals surface area (Å²) in [6.45, 7) is 0.675. The lowest BCUT2D eigenvalue weighted by atomic mass is 10.1. The van der Waals surface area contributed by atoms with Gasteiger partial charge in [0, 0.05) is 47.4 Å². The summed E-state index contributed by atoms with van der Waals surface area (Å²) in [5, 5.41) is 2.86. The Morgan fingerprint density at radius 1 is 1.09 bits per heavy atom. The van der Waals surface area contributed by atoms with E-state index < -0.39 is 0 Å². The Morgan fingerprint density at radius 2 is 1.96 bits per heavy atom. The number of pyridine rings is 1. The Bertz CT molecular complexity index is 898. The highest BCUT2D eigenvalue weighted by Gasteiger charge is 2.20. The molecule has 1 aromatic carbocycles. The second-order valence-electron chi connectivity index (χ2n) is 5.60. The Morgan fingerprint density at radius 3 is 2.78 bits per heavy atom. The van der Waals surface area contributed by atoms with Gasteiger partial charge in [0.05, 0.1) is 11.3 Å². The number of nitrogens with zero attached hydrogens (tertiary/aromatic N) is 1. The fraction of sp³-hybridized carbons (Fsp3) is 0.111. The maximum Gasteiger partial charge on any atom is 0.253 e. The molecular formula is C18H16N4O. The van der Waals surface area contributed by atoms with E-state index in [4.69, 9.17) is 5.73 Å². The lowest BCUT2D eigenvalue weighted by molar-refractivity contribution is 0.0946. The van der Waals surface area contributed by atoms with Crippen molar-refractivity contribution in [2.45, 2.75) is 6.42 Å². The van der Waals surface area contributed by atoms with Gasteiger partial charge in [-0.1, -0.05) is 18.2 Å². The summed E-state index contributed by atoms with van der Waals surface area (Å²) in [4.78, 5) is 19.7. The lowest BCUT2D eigenvalue weighted by Gasteiger charge is -2.11. The molecule has 0 bridgehead atoms. The number of carbonyl (C=O) groups excluding carboxylic acids is 1. The molecule has 5 heteroatoms. The number of fused-ring (bicyclic) bond motifs is 1. The predicted octanol–water partition coefficient (Wildman–Crippen LogP) is 2.61. The van der Waals surface area contributed by atoms with Gasteiger partial charge < -0.3 is 16.0 Å². The van der Waals surface area contributed by atoms with E-state index in [0.717, 1.165) is 40.2 Å². The average Bonchev–Trinajstić information content (AvgIpc) is 3.01. The van der Waals surface area contributed by atoms with Crippen molar-refractivity contribution >= 4 is 11.6 Å². The Balaban J connectivity index is 1.78. The molecule has 0 unspecified atom stereocenters. The van der Waals surface area contributed by atoms with Crippen LogP contribution in [0.1, 0.15) is 16.1 Å². The number of aromatic nitrogens is 2. The first-order valence-corrected chi connectivity index (χ1v) is 7.54. The zero-order valence-electron chi connectivity index (χ0n) is 12.5. The summed E-state index contributed by atoms with van der Waals surface area (Å²) >= 11 is 0. The van der Waals surface area contributed by atoms with Crippen LogP contribution in [0.3, 0.4) is 0 Å². The van der Waals surface area contributed by atoms with Crippen LogP contribution in [-0.2, 0) is 6.42 Å². The summed E-state index contributed by atoms with van der Waals surface area (Å²) < 4.78 is 0. The Labute approximate surface area is 133 Å². The molecule has 0 aliphatic carbocycles. The standard InChI is InChI=1S/C18H16N4O/c19-14-4-2-1-3-12(14)17-9-11(5-7-20-17)16-10-13-15(22-16)6-8-21-18(13)23/h1-5,7,9-10,22H,6,8,19H2,(H,21,23). The zero-order chi connectivity index (χ0) is 15.8. The molecule has 4 N–H and O–H groups in total. The molecule has 0 saturated heterocycles. The third-order valence-electron chi connectivity index (χ3n) is 4.11. The number of H-pyrrole nitrogens is 1. The predicted molar refractivity (Wildman–Crippen MR) is 89.9 cm³/mol. The monoisotopic (exact) mass is 304 g/mol. The van der Waals surface area contributed by atoms with Crippen molar-refractivity contribution in [3.63, 3.8) is 0 Å². The molecule has 3 aromatic rings. The number of benzene rings is 1. The van der Waals surface area contributed by atoms with Gasteiger partial charge in [0.15, 0.2) is 0 Å². The van der Waals surface area contributed by atoms with Crippen LogP contribution >= 0.6 is 0 Å². The van der Waals surface area contributed by atoms with Gasteiger partial charge in [-0.15, -0.1) is 0 Å². The van der Waals surface area contributed by atoms with Gasteiger partial charge in [0.25, 0.3) is 5.91 Å². The topological polar surface area (TPSA) is 83.8 Å². The molecule has 0 spiro atoms. The molecule has 0 radical (unpaired) electrons. The van der Waals surface area contributed by atoms with Crippen molar-refractivity contribution < 1.29 is 4.79 Å². The second kappa shape index (κ2) is 5.28. The normalized spacial score (nSPS) is 13.5. The van der Waals surface area contributed by atoms with Crippen molar-refractivity contribution in [2.24, 2.45) is 0 Å².